The van der Waals surface area contributed by atoms with Crippen LogP contribution in [-0.4, -0.2) is 21.7 Å². The van der Waals surface area contributed by atoms with Gasteiger partial charge in [0.1, 0.15) is 5.82 Å². The lowest BCUT2D eigenvalue weighted by Crippen LogP contribution is -2.28. The van der Waals surface area contributed by atoms with Crippen LogP contribution in [0.5, 0.6) is 0 Å². The van der Waals surface area contributed by atoms with E-state index in [1.165, 1.54) is 4.90 Å². The van der Waals surface area contributed by atoms with Gasteiger partial charge < -0.3 is 5.73 Å². The summed E-state index contributed by atoms with van der Waals surface area (Å²) in [6.45, 7) is 0.297. The molecule has 0 atom stereocenters. The third kappa shape index (κ3) is 1.96. The number of nitrogens with two attached hydrogens (primary N) is 1. The quantitative estimate of drug-likeness (QED) is 0.705. The molecule has 2 N–H and O–H groups in total. The van der Waals surface area contributed by atoms with Crippen molar-refractivity contribution in [1.29, 1.82) is 0 Å². The summed E-state index contributed by atoms with van der Waals surface area (Å²) in [5, 5.41) is 0. The fourth-order valence-electron chi connectivity index (χ4n) is 1.51. The highest BCUT2D eigenvalue weighted by Gasteiger charge is 2.28. The third-order valence-electron chi connectivity index (χ3n) is 2.34. The molecule has 0 spiro atoms. The first kappa shape index (κ1) is 9.64. The predicted octanol–water partition coefficient (Wildman–Crippen LogP) is 0.313. The highest BCUT2D eigenvalue weighted by atomic mass is 16.2. The van der Waals surface area contributed by atoms with Crippen molar-refractivity contribution in [3.05, 3.63) is 23.9 Å². The Morgan fingerprint density at radius 2 is 1.93 bits per heavy atom. The van der Waals surface area contributed by atoms with E-state index in [0.717, 1.165) is 5.56 Å². The van der Waals surface area contributed by atoms with Gasteiger partial charge in [-0.1, -0.05) is 6.07 Å². The summed E-state index contributed by atoms with van der Waals surface area (Å²) in [6.07, 6.45) is 2.22. The second kappa shape index (κ2) is 3.68. The van der Waals surface area contributed by atoms with Crippen LogP contribution in [-0.2, 0) is 16.1 Å². The number of likely N-dealkylation sites (tertiary alicyclic amines) is 1. The van der Waals surface area contributed by atoms with Crippen LogP contribution < -0.4 is 5.73 Å². The molecule has 0 saturated carbocycles. The summed E-state index contributed by atoms with van der Waals surface area (Å²) in [5.74, 6) is 0.200. The van der Waals surface area contributed by atoms with Crippen LogP contribution in [0.15, 0.2) is 18.3 Å². The van der Waals surface area contributed by atoms with Crippen molar-refractivity contribution in [1.82, 2.24) is 9.88 Å². The van der Waals surface area contributed by atoms with Crippen LogP contribution in [0, 0.1) is 0 Å². The van der Waals surface area contributed by atoms with Gasteiger partial charge in [-0.05, 0) is 11.6 Å². The fourth-order valence-corrected chi connectivity index (χ4v) is 1.51. The molecule has 0 bridgehead atoms. The molecule has 0 unspecified atom stereocenters. The molecule has 1 fully saturated rings. The van der Waals surface area contributed by atoms with Gasteiger partial charge in [0, 0.05) is 19.0 Å². The third-order valence-corrected chi connectivity index (χ3v) is 2.34. The zero-order valence-corrected chi connectivity index (χ0v) is 8.14. The van der Waals surface area contributed by atoms with Gasteiger partial charge in [0.15, 0.2) is 0 Å². The van der Waals surface area contributed by atoms with E-state index in [9.17, 15) is 9.59 Å². The predicted molar refractivity (Wildman–Crippen MR) is 53.4 cm³/mol. The van der Waals surface area contributed by atoms with Crippen molar-refractivity contribution in [3.63, 3.8) is 0 Å². The fraction of sp³-hybridized carbons (Fsp3) is 0.300. The summed E-state index contributed by atoms with van der Waals surface area (Å²) in [4.78, 5) is 27.8. The second-order valence-corrected chi connectivity index (χ2v) is 3.46. The summed E-state index contributed by atoms with van der Waals surface area (Å²) in [5.41, 5.74) is 6.24. The topological polar surface area (TPSA) is 76.3 Å². The summed E-state index contributed by atoms with van der Waals surface area (Å²) < 4.78 is 0. The van der Waals surface area contributed by atoms with E-state index < -0.39 is 0 Å². The minimum atomic E-state index is -0.114. The minimum Gasteiger partial charge on any atom is -0.384 e. The number of hydrogen-bond acceptors (Lipinski definition) is 4. The summed E-state index contributed by atoms with van der Waals surface area (Å²) in [6, 6.07) is 3.42. The SMILES string of the molecule is Nc1ccc(CN2C(=O)CCC2=O)cn1. The lowest BCUT2D eigenvalue weighted by atomic mass is 10.2. The highest BCUT2D eigenvalue weighted by Crippen LogP contribution is 2.15. The van der Waals surface area contributed by atoms with Crippen molar-refractivity contribution < 1.29 is 9.59 Å². The molecule has 1 saturated heterocycles. The Morgan fingerprint density at radius 1 is 1.27 bits per heavy atom. The van der Waals surface area contributed by atoms with E-state index in [2.05, 4.69) is 4.98 Å². The van der Waals surface area contributed by atoms with Crippen molar-refractivity contribution in [3.8, 4) is 0 Å². The maximum Gasteiger partial charge on any atom is 0.229 e. The molecule has 0 aromatic carbocycles. The molecule has 2 amide bonds. The average molecular weight is 205 g/mol. The van der Waals surface area contributed by atoms with Crippen LogP contribution in [0.1, 0.15) is 18.4 Å². The Morgan fingerprint density at radius 3 is 2.47 bits per heavy atom. The van der Waals surface area contributed by atoms with Gasteiger partial charge in [-0.25, -0.2) is 4.98 Å². The minimum absolute atomic E-state index is 0.114. The molecule has 0 aliphatic carbocycles. The van der Waals surface area contributed by atoms with Crippen LogP contribution in [0.25, 0.3) is 0 Å². The normalized spacial score (nSPS) is 16.1. The van der Waals surface area contributed by atoms with E-state index in [1.807, 2.05) is 0 Å². The molecule has 2 heterocycles. The number of anilines is 1. The molecule has 1 aromatic heterocycles. The van der Waals surface area contributed by atoms with Crippen molar-refractivity contribution in [2.75, 3.05) is 5.73 Å². The molecule has 2 rings (SSSR count). The molecule has 1 aliphatic heterocycles. The molecule has 5 nitrogen and oxygen atoms in total. The second-order valence-electron chi connectivity index (χ2n) is 3.46. The van der Waals surface area contributed by atoms with Gasteiger partial charge in [0.2, 0.25) is 11.8 Å². The molecule has 15 heavy (non-hydrogen) atoms. The van der Waals surface area contributed by atoms with Gasteiger partial charge in [0.05, 0.1) is 6.54 Å². The number of pyridine rings is 1. The molecular weight excluding hydrogens is 194 g/mol. The number of rotatable bonds is 2. The van der Waals surface area contributed by atoms with Crippen LogP contribution in [0.3, 0.4) is 0 Å². The largest absolute Gasteiger partial charge is 0.384 e. The van der Waals surface area contributed by atoms with Gasteiger partial charge in [-0.3, -0.25) is 14.5 Å². The number of aromatic nitrogens is 1. The van der Waals surface area contributed by atoms with Gasteiger partial charge >= 0.3 is 0 Å². The first-order valence-corrected chi connectivity index (χ1v) is 4.70. The number of carbonyl (C=O) groups excluding carboxylic acids is 2. The van der Waals surface area contributed by atoms with Crippen molar-refractivity contribution in [2.24, 2.45) is 0 Å². The van der Waals surface area contributed by atoms with Crippen molar-refractivity contribution in [2.45, 2.75) is 19.4 Å². The van der Waals surface area contributed by atoms with E-state index in [4.69, 9.17) is 5.73 Å². The van der Waals surface area contributed by atoms with E-state index in [1.54, 1.807) is 18.3 Å². The van der Waals surface area contributed by atoms with Gasteiger partial charge in [0.25, 0.3) is 0 Å². The Hall–Kier alpha value is -1.91. The molecule has 1 aliphatic rings. The zero-order chi connectivity index (χ0) is 10.8. The maximum atomic E-state index is 11.3. The Labute approximate surface area is 86.9 Å². The first-order valence-electron chi connectivity index (χ1n) is 4.70. The number of carbonyl (C=O) groups is 2. The Bertz CT molecular complexity index is 384. The number of imide groups is 1. The Balaban J connectivity index is 2.11. The first-order chi connectivity index (χ1) is 7.16. The Kier molecular flexibility index (Phi) is 2.37. The molecule has 1 aromatic rings. The maximum absolute atomic E-state index is 11.3. The highest BCUT2D eigenvalue weighted by molar-refractivity contribution is 6.01. The molecule has 0 radical (unpaired) electrons. The van der Waals surface area contributed by atoms with Gasteiger partial charge in [-0.2, -0.15) is 0 Å². The summed E-state index contributed by atoms with van der Waals surface area (Å²) in [7, 11) is 0. The summed E-state index contributed by atoms with van der Waals surface area (Å²) >= 11 is 0. The number of nitrogens with zero attached hydrogens (tertiary/aromatic N) is 2. The van der Waals surface area contributed by atoms with E-state index in [0.29, 0.717) is 25.2 Å². The van der Waals surface area contributed by atoms with Crippen molar-refractivity contribution >= 4 is 17.6 Å². The molecular formula is C10H11N3O2. The smallest absolute Gasteiger partial charge is 0.229 e. The standard InChI is InChI=1S/C10H11N3O2/c11-8-2-1-7(5-12-8)6-13-9(14)3-4-10(13)15/h1-2,5H,3-4,6H2,(H2,11,12). The molecule has 5 heteroatoms. The number of hydrogen-bond donors (Lipinski definition) is 1. The van der Waals surface area contributed by atoms with Crippen LogP contribution >= 0.6 is 0 Å². The zero-order valence-electron chi connectivity index (χ0n) is 8.14. The number of amides is 2. The lowest BCUT2D eigenvalue weighted by molar-refractivity contribution is -0.139. The monoisotopic (exact) mass is 205 g/mol. The molecule has 78 valence electrons. The number of nitrogen functional groups attached to an aromatic ring is 1. The van der Waals surface area contributed by atoms with E-state index in [-0.39, 0.29) is 11.8 Å². The average Bonchev–Trinajstić information content (AvgIpc) is 2.53. The lowest BCUT2D eigenvalue weighted by Gasteiger charge is -2.13. The van der Waals surface area contributed by atoms with E-state index >= 15 is 0 Å². The van der Waals surface area contributed by atoms with Crippen LogP contribution in [0.4, 0.5) is 5.82 Å². The van der Waals surface area contributed by atoms with Gasteiger partial charge in [-0.15, -0.1) is 0 Å². The van der Waals surface area contributed by atoms with Crippen LogP contribution in [0.2, 0.25) is 0 Å².